The zero-order valence-electron chi connectivity index (χ0n) is 21.6. The molecule has 6 nitrogen and oxygen atoms in total. The number of benzene rings is 2. The molecule has 2 N–H and O–H groups in total. The Labute approximate surface area is 244 Å². The van der Waals surface area contributed by atoms with E-state index in [9.17, 15) is 9.59 Å². The highest BCUT2D eigenvalue weighted by Crippen LogP contribution is 2.35. The monoisotopic (exact) mass is 598 g/mol. The molecule has 1 amide bonds. The number of rotatable bonds is 9. The quantitative estimate of drug-likeness (QED) is 0.194. The van der Waals surface area contributed by atoms with E-state index in [1.165, 1.54) is 22.7 Å². The van der Waals surface area contributed by atoms with Gasteiger partial charge in [-0.05, 0) is 61.3 Å². The minimum atomic E-state index is -0.481. The fraction of sp³-hybridized carbons (Fsp3) is 0.276. The highest BCUT2D eigenvalue weighted by atomic mass is 35.5. The van der Waals surface area contributed by atoms with Crippen molar-refractivity contribution in [2.75, 3.05) is 13.1 Å². The predicted octanol–water partition coefficient (Wildman–Crippen LogP) is 7.22. The van der Waals surface area contributed by atoms with E-state index in [-0.39, 0.29) is 17.4 Å². The number of hydrogen-bond donors (Lipinski definition) is 1. The molecule has 0 aliphatic carbocycles. The molecule has 3 heterocycles. The second kappa shape index (κ2) is 11.8. The van der Waals surface area contributed by atoms with Crippen LogP contribution < -0.4 is 11.3 Å². The Morgan fingerprint density at radius 3 is 2.46 bits per heavy atom. The van der Waals surface area contributed by atoms with Crippen LogP contribution in [0.25, 0.3) is 20.3 Å². The number of aromatic nitrogens is 2. The molecule has 0 radical (unpaired) electrons. The summed E-state index contributed by atoms with van der Waals surface area (Å²) < 4.78 is 3.97. The topological polar surface area (TPSA) is 81.2 Å². The van der Waals surface area contributed by atoms with Crippen molar-refractivity contribution < 1.29 is 4.79 Å². The van der Waals surface area contributed by atoms with Crippen molar-refractivity contribution in [3.63, 3.8) is 0 Å². The maximum absolute atomic E-state index is 14.1. The summed E-state index contributed by atoms with van der Waals surface area (Å²) >= 11 is 15.2. The van der Waals surface area contributed by atoms with Crippen LogP contribution in [0.2, 0.25) is 9.36 Å². The van der Waals surface area contributed by atoms with E-state index in [1.54, 1.807) is 33.7 Å². The van der Waals surface area contributed by atoms with Gasteiger partial charge >= 0.3 is 0 Å². The van der Waals surface area contributed by atoms with E-state index < -0.39 is 6.04 Å². The first-order valence-electron chi connectivity index (χ1n) is 12.7. The Morgan fingerprint density at radius 2 is 1.79 bits per heavy atom. The Balaban J connectivity index is 1.74. The molecule has 0 spiro atoms. The zero-order valence-corrected chi connectivity index (χ0v) is 24.7. The van der Waals surface area contributed by atoms with Crippen LogP contribution >= 0.6 is 45.9 Å². The van der Waals surface area contributed by atoms with Crippen molar-refractivity contribution in [3.05, 3.63) is 96.6 Å². The highest BCUT2D eigenvalue weighted by molar-refractivity contribution is 7.25. The lowest BCUT2D eigenvalue weighted by atomic mass is 9.99. The van der Waals surface area contributed by atoms with Gasteiger partial charge in [-0.15, -0.1) is 22.7 Å². The van der Waals surface area contributed by atoms with Gasteiger partial charge in [-0.2, -0.15) is 0 Å². The van der Waals surface area contributed by atoms with Gasteiger partial charge in [0, 0.05) is 32.1 Å². The van der Waals surface area contributed by atoms with Gasteiger partial charge in [0.05, 0.1) is 22.4 Å². The van der Waals surface area contributed by atoms with Crippen molar-refractivity contribution in [3.8, 4) is 0 Å². The van der Waals surface area contributed by atoms with Crippen molar-refractivity contribution in [2.24, 2.45) is 11.7 Å². The minimum absolute atomic E-state index is 0.0496. The Hall–Kier alpha value is -2.75. The van der Waals surface area contributed by atoms with E-state index in [1.807, 2.05) is 50.2 Å². The Kier molecular flexibility index (Phi) is 8.40. The summed E-state index contributed by atoms with van der Waals surface area (Å²) in [5, 5.41) is 1.49. The minimum Gasteiger partial charge on any atom is -0.330 e. The standard InChI is InChI=1S/C29H28Cl2N4O2S2/c1-17(2)25(34(15-5-14-32)28(36)18-8-10-19(30)11-9-18)27-33-24-21-6-3-4-7-22(21)39-26(24)29(37)35(27)16-20-12-13-23(31)38-20/h3-4,6-13,17,25H,5,14-16,32H2,1-2H3. The average molecular weight is 600 g/mol. The predicted molar refractivity (Wildman–Crippen MR) is 164 cm³/mol. The smallest absolute Gasteiger partial charge is 0.271 e. The Bertz CT molecular complexity index is 1690. The molecular weight excluding hydrogens is 571 g/mol. The van der Waals surface area contributed by atoms with Gasteiger partial charge in [0.2, 0.25) is 0 Å². The number of carbonyl (C=O) groups excluding carboxylic acids is 1. The first kappa shape index (κ1) is 27.8. The normalized spacial score (nSPS) is 12.5. The number of carbonyl (C=O) groups is 1. The van der Waals surface area contributed by atoms with E-state index in [0.29, 0.717) is 57.0 Å². The van der Waals surface area contributed by atoms with Gasteiger partial charge in [-0.25, -0.2) is 4.98 Å². The molecule has 5 rings (SSSR count). The van der Waals surface area contributed by atoms with E-state index >= 15 is 0 Å². The first-order valence-corrected chi connectivity index (χ1v) is 15.1. The van der Waals surface area contributed by atoms with Gasteiger partial charge in [-0.1, -0.05) is 55.2 Å². The van der Waals surface area contributed by atoms with Crippen LogP contribution in [0.1, 0.15) is 47.4 Å². The van der Waals surface area contributed by atoms with Crippen LogP contribution in [0.15, 0.2) is 65.5 Å². The van der Waals surface area contributed by atoms with E-state index in [2.05, 4.69) is 0 Å². The molecule has 5 aromatic rings. The van der Waals surface area contributed by atoms with Crippen molar-refractivity contribution >= 4 is 72.1 Å². The number of hydrogen-bond acceptors (Lipinski definition) is 6. The molecule has 0 bridgehead atoms. The van der Waals surface area contributed by atoms with Gasteiger partial charge in [0.15, 0.2) is 0 Å². The lowest BCUT2D eigenvalue weighted by Gasteiger charge is -2.35. The average Bonchev–Trinajstić information content (AvgIpc) is 3.51. The molecule has 0 aliphatic heterocycles. The number of thiophene rings is 2. The molecule has 39 heavy (non-hydrogen) atoms. The number of nitrogens with zero attached hydrogens (tertiary/aromatic N) is 3. The number of halogens is 2. The second-order valence-electron chi connectivity index (χ2n) is 9.68. The third-order valence-electron chi connectivity index (χ3n) is 6.64. The third kappa shape index (κ3) is 5.62. The molecular formula is C29H28Cl2N4O2S2. The molecule has 1 atom stereocenters. The summed E-state index contributed by atoms with van der Waals surface area (Å²) in [6.45, 7) is 5.25. The van der Waals surface area contributed by atoms with Crippen LogP contribution in [0.3, 0.4) is 0 Å². The van der Waals surface area contributed by atoms with E-state index in [4.69, 9.17) is 33.9 Å². The van der Waals surface area contributed by atoms with Crippen LogP contribution in [-0.4, -0.2) is 33.4 Å². The maximum Gasteiger partial charge on any atom is 0.271 e. The molecule has 10 heteroatoms. The summed E-state index contributed by atoms with van der Waals surface area (Å²) in [4.78, 5) is 36.0. The fourth-order valence-corrected chi connectivity index (χ4v) is 7.14. The lowest BCUT2D eigenvalue weighted by Crippen LogP contribution is -2.42. The number of fused-ring (bicyclic) bond motifs is 3. The molecule has 202 valence electrons. The first-order chi connectivity index (χ1) is 18.8. The fourth-order valence-electron chi connectivity index (χ4n) is 4.84. The van der Waals surface area contributed by atoms with Crippen molar-refractivity contribution in [1.82, 2.24) is 14.5 Å². The van der Waals surface area contributed by atoms with Gasteiger partial charge in [-0.3, -0.25) is 14.2 Å². The number of nitrogens with two attached hydrogens (primary N) is 1. The van der Waals surface area contributed by atoms with Gasteiger partial charge in [0.1, 0.15) is 10.5 Å². The summed E-state index contributed by atoms with van der Waals surface area (Å²) in [5.41, 5.74) is 6.96. The summed E-state index contributed by atoms with van der Waals surface area (Å²) in [5.74, 6) is 0.343. The third-order valence-corrected chi connectivity index (χ3v) is 9.26. The molecule has 0 fully saturated rings. The molecule has 0 aliphatic rings. The van der Waals surface area contributed by atoms with Gasteiger partial charge in [0.25, 0.3) is 11.5 Å². The number of amides is 1. The summed E-state index contributed by atoms with van der Waals surface area (Å²) in [6.07, 6.45) is 0.608. The van der Waals surface area contributed by atoms with Gasteiger partial charge < -0.3 is 10.6 Å². The second-order valence-corrected chi connectivity index (χ2v) is 13.0. The van der Waals surface area contributed by atoms with Crippen LogP contribution in [0.4, 0.5) is 0 Å². The highest BCUT2D eigenvalue weighted by Gasteiger charge is 2.33. The maximum atomic E-state index is 14.1. The molecule has 1 unspecified atom stereocenters. The molecule has 3 aromatic heterocycles. The molecule has 0 saturated heterocycles. The molecule has 0 saturated carbocycles. The van der Waals surface area contributed by atoms with Crippen molar-refractivity contribution in [2.45, 2.75) is 32.9 Å². The van der Waals surface area contributed by atoms with E-state index in [0.717, 1.165) is 15.0 Å². The van der Waals surface area contributed by atoms with Crippen LogP contribution in [0, 0.1) is 5.92 Å². The van der Waals surface area contributed by atoms with Crippen molar-refractivity contribution in [1.29, 1.82) is 0 Å². The lowest BCUT2D eigenvalue weighted by molar-refractivity contribution is 0.0603. The Morgan fingerprint density at radius 1 is 1.05 bits per heavy atom. The largest absolute Gasteiger partial charge is 0.330 e. The van der Waals surface area contributed by atoms with Crippen LogP contribution in [-0.2, 0) is 6.54 Å². The summed E-state index contributed by atoms with van der Waals surface area (Å²) in [6, 6.07) is 18.0. The molecule has 2 aromatic carbocycles. The zero-order chi connectivity index (χ0) is 27.7. The SMILES string of the molecule is CC(C)C(c1nc2c(sc3ccccc32)c(=O)n1Cc1ccc(Cl)s1)N(CCCN)C(=O)c1ccc(Cl)cc1. The van der Waals surface area contributed by atoms with Crippen LogP contribution in [0.5, 0.6) is 0 Å². The summed E-state index contributed by atoms with van der Waals surface area (Å²) in [7, 11) is 0.